The van der Waals surface area contributed by atoms with Gasteiger partial charge in [-0.1, -0.05) is 72.8 Å². The average Bonchev–Trinajstić information content (AvgIpc) is 2.83. The SMILES string of the molecule is COc1ccc(CCNC(=O)COC(=O)CC(c2ccccc2)c2ccccc2)cc1. The van der Waals surface area contributed by atoms with Crippen molar-refractivity contribution in [3.8, 4) is 5.75 Å². The quantitative estimate of drug-likeness (QED) is 0.504. The number of esters is 1. The molecular formula is C26H27NO4. The minimum atomic E-state index is -0.400. The Balaban J connectivity index is 1.46. The number of hydrogen-bond acceptors (Lipinski definition) is 4. The summed E-state index contributed by atoms with van der Waals surface area (Å²) in [5.74, 6) is -0.0297. The maximum absolute atomic E-state index is 12.4. The summed E-state index contributed by atoms with van der Waals surface area (Å²) in [6, 6.07) is 27.4. The topological polar surface area (TPSA) is 64.6 Å². The third kappa shape index (κ3) is 7.00. The minimum Gasteiger partial charge on any atom is -0.497 e. The first-order chi connectivity index (χ1) is 15.2. The molecule has 3 rings (SSSR count). The van der Waals surface area contributed by atoms with Crippen molar-refractivity contribution in [1.29, 1.82) is 0 Å². The summed E-state index contributed by atoms with van der Waals surface area (Å²) < 4.78 is 10.4. The van der Waals surface area contributed by atoms with Gasteiger partial charge in [0.05, 0.1) is 13.5 Å². The molecule has 0 spiro atoms. The highest BCUT2D eigenvalue weighted by Gasteiger charge is 2.19. The van der Waals surface area contributed by atoms with Gasteiger partial charge in [0, 0.05) is 12.5 Å². The van der Waals surface area contributed by atoms with Crippen molar-refractivity contribution in [2.45, 2.75) is 18.8 Å². The van der Waals surface area contributed by atoms with Crippen LogP contribution in [-0.2, 0) is 20.7 Å². The second-order valence-electron chi connectivity index (χ2n) is 7.19. The van der Waals surface area contributed by atoms with Crippen LogP contribution in [0.4, 0.5) is 0 Å². The van der Waals surface area contributed by atoms with E-state index in [2.05, 4.69) is 5.32 Å². The van der Waals surface area contributed by atoms with E-state index < -0.39 is 5.97 Å². The Morgan fingerprint density at radius 3 is 1.97 bits per heavy atom. The number of hydrogen-bond donors (Lipinski definition) is 1. The van der Waals surface area contributed by atoms with Crippen LogP contribution in [0.25, 0.3) is 0 Å². The molecule has 5 heteroatoms. The molecule has 0 atom stereocenters. The number of carbonyl (C=O) groups excluding carboxylic acids is 2. The molecule has 5 nitrogen and oxygen atoms in total. The summed E-state index contributed by atoms with van der Waals surface area (Å²) in [6.45, 7) is 0.192. The molecule has 0 unspecified atom stereocenters. The van der Waals surface area contributed by atoms with Crippen LogP contribution < -0.4 is 10.1 Å². The van der Waals surface area contributed by atoms with Gasteiger partial charge in [-0.3, -0.25) is 9.59 Å². The van der Waals surface area contributed by atoms with Crippen molar-refractivity contribution in [3.63, 3.8) is 0 Å². The normalized spacial score (nSPS) is 10.5. The van der Waals surface area contributed by atoms with Crippen LogP contribution in [0.3, 0.4) is 0 Å². The molecule has 0 radical (unpaired) electrons. The number of nitrogens with one attached hydrogen (secondary N) is 1. The first-order valence-corrected chi connectivity index (χ1v) is 10.3. The monoisotopic (exact) mass is 417 g/mol. The zero-order chi connectivity index (χ0) is 21.9. The number of methoxy groups -OCH3 is 1. The number of amides is 1. The lowest BCUT2D eigenvalue weighted by atomic mass is 9.89. The Hall–Kier alpha value is -3.60. The number of rotatable bonds is 10. The maximum Gasteiger partial charge on any atom is 0.307 e. The average molecular weight is 418 g/mol. The van der Waals surface area contributed by atoms with Gasteiger partial charge in [-0.15, -0.1) is 0 Å². The van der Waals surface area contributed by atoms with Gasteiger partial charge in [-0.25, -0.2) is 0 Å². The lowest BCUT2D eigenvalue weighted by molar-refractivity contribution is -0.148. The molecule has 160 valence electrons. The Bertz CT molecular complexity index is 916. The molecule has 0 aliphatic rings. The summed E-state index contributed by atoms with van der Waals surface area (Å²) in [5, 5.41) is 2.78. The van der Waals surface area contributed by atoms with E-state index in [4.69, 9.17) is 9.47 Å². The zero-order valence-corrected chi connectivity index (χ0v) is 17.6. The smallest absolute Gasteiger partial charge is 0.307 e. The minimum absolute atomic E-state index is 0.118. The summed E-state index contributed by atoms with van der Waals surface area (Å²) in [6.07, 6.45) is 0.862. The summed E-state index contributed by atoms with van der Waals surface area (Å²) >= 11 is 0. The molecule has 0 fully saturated rings. The largest absolute Gasteiger partial charge is 0.497 e. The highest BCUT2D eigenvalue weighted by Crippen LogP contribution is 2.28. The van der Waals surface area contributed by atoms with Crippen molar-refractivity contribution in [2.24, 2.45) is 0 Å². The van der Waals surface area contributed by atoms with Crippen LogP contribution >= 0.6 is 0 Å². The van der Waals surface area contributed by atoms with Gasteiger partial charge in [0.2, 0.25) is 0 Å². The third-order valence-electron chi connectivity index (χ3n) is 5.03. The molecule has 0 aliphatic carbocycles. The van der Waals surface area contributed by atoms with E-state index in [1.54, 1.807) is 7.11 Å². The van der Waals surface area contributed by atoms with E-state index >= 15 is 0 Å². The first kappa shape index (κ1) is 22.1. The van der Waals surface area contributed by atoms with Crippen LogP contribution in [0, 0.1) is 0 Å². The van der Waals surface area contributed by atoms with Gasteiger partial charge < -0.3 is 14.8 Å². The molecule has 1 N–H and O–H groups in total. The molecule has 0 bridgehead atoms. The lowest BCUT2D eigenvalue weighted by Crippen LogP contribution is -2.30. The van der Waals surface area contributed by atoms with Crippen LogP contribution in [0.1, 0.15) is 29.0 Å². The molecular weight excluding hydrogens is 390 g/mol. The van der Waals surface area contributed by atoms with E-state index in [1.165, 1.54) is 0 Å². The van der Waals surface area contributed by atoms with Gasteiger partial charge in [0.25, 0.3) is 5.91 Å². The van der Waals surface area contributed by atoms with Gasteiger partial charge in [-0.05, 0) is 35.2 Å². The Morgan fingerprint density at radius 1 is 0.839 bits per heavy atom. The Morgan fingerprint density at radius 2 is 1.42 bits per heavy atom. The van der Waals surface area contributed by atoms with Crippen LogP contribution in [0.5, 0.6) is 5.75 Å². The summed E-state index contributed by atoms with van der Waals surface area (Å²) in [4.78, 5) is 24.5. The Kier molecular flexibility index (Phi) is 8.23. The van der Waals surface area contributed by atoms with E-state index in [9.17, 15) is 9.59 Å². The van der Waals surface area contributed by atoms with Gasteiger partial charge in [0.15, 0.2) is 6.61 Å². The molecule has 31 heavy (non-hydrogen) atoms. The van der Waals surface area contributed by atoms with Crippen LogP contribution in [-0.4, -0.2) is 32.1 Å². The van der Waals surface area contributed by atoms with Gasteiger partial charge in [-0.2, -0.15) is 0 Å². The van der Waals surface area contributed by atoms with Crippen LogP contribution in [0.2, 0.25) is 0 Å². The highest BCUT2D eigenvalue weighted by molar-refractivity contribution is 5.80. The molecule has 0 saturated heterocycles. The molecule has 1 amide bonds. The Labute approximate surface area is 183 Å². The van der Waals surface area contributed by atoms with Crippen molar-refractivity contribution >= 4 is 11.9 Å². The predicted octanol–water partition coefficient (Wildman–Crippen LogP) is 4.12. The molecule has 3 aromatic carbocycles. The summed E-state index contributed by atoms with van der Waals surface area (Å²) in [7, 11) is 1.62. The van der Waals surface area contributed by atoms with Gasteiger partial charge >= 0.3 is 5.97 Å². The second-order valence-corrected chi connectivity index (χ2v) is 7.19. The van der Waals surface area contributed by atoms with E-state index in [0.29, 0.717) is 13.0 Å². The van der Waals surface area contributed by atoms with E-state index in [0.717, 1.165) is 22.4 Å². The molecule has 0 aliphatic heterocycles. The predicted molar refractivity (Wildman–Crippen MR) is 120 cm³/mol. The number of benzene rings is 3. The molecule has 0 heterocycles. The number of ether oxygens (including phenoxy) is 2. The van der Waals surface area contributed by atoms with Crippen molar-refractivity contribution in [2.75, 3.05) is 20.3 Å². The molecule has 0 aromatic heterocycles. The standard InChI is InChI=1S/C26H27NO4/c1-30-23-14-12-20(13-15-23)16-17-27-25(28)19-31-26(29)18-24(21-8-4-2-5-9-21)22-10-6-3-7-11-22/h2-15,24H,16-19H2,1H3,(H,27,28). The highest BCUT2D eigenvalue weighted by atomic mass is 16.5. The van der Waals surface area contributed by atoms with E-state index in [-0.39, 0.29) is 24.9 Å². The van der Waals surface area contributed by atoms with Crippen molar-refractivity contribution < 1.29 is 19.1 Å². The fourth-order valence-corrected chi connectivity index (χ4v) is 3.36. The van der Waals surface area contributed by atoms with Crippen molar-refractivity contribution in [1.82, 2.24) is 5.32 Å². The fourth-order valence-electron chi connectivity index (χ4n) is 3.36. The third-order valence-corrected chi connectivity index (χ3v) is 5.03. The second kappa shape index (κ2) is 11.6. The van der Waals surface area contributed by atoms with Crippen LogP contribution in [0.15, 0.2) is 84.9 Å². The maximum atomic E-state index is 12.4. The number of carbonyl (C=O) groups is 2. The fraction of sp³-hybridized carbons (Fsp3) is 0.231. The molecule has 0 saturated carbocycles. The summed E-state index contributed by atoms with van der Waals surface area (Å²) in [5.41, 5.74) is 3.16. The first-order valence-electron chi connectivity index (χ1n) is 10.3. The zero-order valence-electron chi connectivity index (χ0n) is 17.6. The van der Waals surface area contributed by atoms with E-state index in [1.807, 2.05) is 84.9 Å². The van der Waals surface area contributed by atoms with Crippen molar-refractivity contribution in [3.05, 3.63) is 102 Å². The lowest BCUT2D eigenvalue weighted by Gasteiger charge is -2.17. The van der Waals surface area contributed by atoms with Gasteiger partial charge in [0.1, 0.15) is 5.75 Å². The molecule has 3 aromatic rings.